The average molecular weight is 605 g/mol. The fourth-order valence-corrected chi connectivity index (χ4v) is 4.10. The molecule has 1 aromatic heterocycles. The number of anilines is 1. The molecule has 0 saturated carbocycles. The molecule has 0 atom stereocenters. The third-order valence-electron chi connectivity index (χ3n) is 5.31. The molecule has 0 unspecified atom stereocenters. The van der Waals surface area contributed by atoms with Gasteiger partial charge in [0.05, 0.1) is 0 Å². The first-order chi connectivity index (χ1) is 17.5. The van der Waals surface area contributed by atoms with E-state index < -0.39 is 0 Å². The summed E-state index contributed by atoms with van der Waals surface area (Å²) in [5.41, 5.74) is 4.43. The van der Waals surface area contributed by atoms with E-state index in [0.717, 1.165) is 14.7 Å². The lowest BCUT2D eigenvalue weighted by Crippen LogP contribution is -2.34. The summed E-state index contributed by atoms with van der Waals surface area (Å²) in [4.78, 5) is 17.3. The number of fused-ring (bicyclic) bond motifs is 1. The summed E-state index contributed by atoms with van der Waals surface area (Å²) in [6, 6.07) is 30.2. The summed E-state index contributed by atoms with van der Waals surface area (Å²) in [6.45, 7) is 0.418. The van der Waals surface area contributed by atoms with Crippen LogP contribution in [0.15, 0.2) is 101 Å². The minimum Gasteiger partial charge on any atom is -0.489 e. The second-order valence-electron chi connectivity index (χ2n) is 7.92. The predicted octanol–water partition coefficient (Wildman–Crippen LogP) is 6.81. The number of carbonyl (C=O) groups is 1. The molecule has 0 saturated heterocycles. The molecular formula is C28H20IN3O3S. The Bertz CT molecular complexity index is 1540. The van der Waals surface area contributed by atoms with Crippen molar-refractivity contribution in [3.05, 3.63) is 112 Å². The zero-order chi connectivity index (χ0) is 24.9. The Hall–Kier alpha value is -3.76. The van der Waals surface area contributed by atoms with Gasteiger partial charge in [0.25, 0.3) is 5.91 Å². The first kappa shape index (κ1) is 24.0. The molecular weight excluding hydrogens is 585 g/mol. The largest absolute Gasteiger partial charge is 0.489 e. The van der Waals surface area contributed by atoms with Crippen molar-refractivity contribution in [3.63, 3.8) is 0 Å². The van der Waals surface area contributed by atoms with Gasteiger partial charge in [-0.05, 0) is 101 Å². The first-order valence-electron chi connectivity index (χ1n) is 11.1. The van der Waals surface area contributed by atoms with Crippen molar-refractivity contribution in [2.45, 2.75) is 6.61 Å². The van der Waals surface area contributed by atoms with Crippen LogP contribution in [-0.4, -0.2) is 16.0 Å². The summed E-state index contributed by atoms with van der Waals surface area (Å²) in [5.74, 6) is 0.816. The predicted molar refractivity (Wildman–Crippen MR) is 153 cm³/mol. The van der Waals surface area contributed by atoms with Crippen molar-refractivity contribution in [3.8, 4) is 17.2 Å². The van der Waals surface area contributed by atoms with Crippen molar-refractivity contribution < 1.29 is 13.9 Å². The minimum absolute atomic E-state index is 0.177. The van der Waals surface area contributed by atoms with Crippen molar-refractivity contribution in [2.75, 3.05) is 5.32 Å². The highest BCUT2D eigenvalue weighted by atomic mass is 127. The van der Waals surface area contributed by atoms with Crippen LogP contribution in [0.4, 0.5) is 5.69 Å². The van der Waals surface area contributed by atoms with Crippen molar-refractivity contribution >= 4 is 62.6 Å². The number of hydrogen-bond acceptors (Lipinski definition) is 5. The number of amides is 1. The van der Waals surface area contributed by atoms with Crippen LogP contribution in [0.1, 0.15) is 15.9 Å². The fraction of sp³-hybridized carbons (Fsp3) is 0.0357. The number of aromatic nitrogens is 1. The van der Waals surface area contributed by atoms with Crippen LogP contribution in [0.25, 0.3) is 22.6 Å². The van der Waals surface area contributed by atoms with Crippen LogP contribution in [0.3, 0.4) is 0 Å². The second-order valence-corrected chi connectivity index (χ2v) is 9.57. The van der Waals surface area contributed by atoms with E-state index in [4.69, 9.17) is 21.4 Å². The average Bonchev–Trinajstić information content (AvgIpc) is 3.32. The van der Waals surface area contributed by atoms with Gasteiger partial charge in [-0.2, -0.15) is 0 Å². The number of ether oxygens (including phenoxy) is 1. The Balaban J connectivity index is 1.22. The Kier molecular flexibility index (Phi) is 7.24. The lowest BCUT2D eigenvalue weighted by atomic mass is 10.2. The number of nitrogens with zero attached hydrogens (tertiary/aromatic N) is 1. The van der Waals surface area contributed by atoms with Crippen LogP contribution in [0.5, 0.6) is 5.75 Å². The van der Waals surface area contributed by atoms with E-state index in [0.29, 0.717) is 40.6 Å². The lowest BCUT2D eigenvalue weighted by molar-refractivity contribution is 0.0977. The van der Waals surface area contributed by atoms with Gasteiger partial charge in [0.1, 0.15) is 17.9 Å². The molecule has 0 bridgehead atoms. The SMILES string of the molecule is O=C(NC(=S)Nc1ccc2oc(-c3ccc(I)cc3)nc2c1)c1cccc(OCc2ccccc2)c1. The van der Waals surface area contributed by atoms with Crippen molar-refractivity contribution in [2.24, 2.45) is 0 Å². The van der Waals surface area contributed by atoms with E-state index in [1.165, 1.54) is 0 Å². The molecule has 0 aliphatic rings. The maximum absolute atomic E-state index is 12.7. The van der Waals surface area contributed by atoms with Crippen LogP contribution in [0.2, 0.25) is 0 Å². The van der Waals surface area contributed by atoms with Gasteiger partial charge in [0.15, 0.2) is 10.7 Å². The Labute approximate surface area is 226 Å². The number of benzene rings is 4. The molecule has 6 nitrogen and oxygen atoms in total. The van der Waals surface area contributed by atoms with E-state index >= 15 is 0 Å². The highest BCUT2D eigenvalue weighted by Crippen LogP contribution is 2.26. The summed E-state index contributed by atoms with van der Waals surface area (Å²) in [6.07, 6.45) is 0. The molecule has 8 heteroatoms. The first-order valence-corrected chi connectivity index (χ1v) is 12.6. The number of halogens is 1. The van der Waals surface area contributed by atoms with E-state index in [-0.39, 0.29) is 11.0 Å². The van der Waals surface area contributed by atoms with Gasteiger partial charge in [0.2, 0.25) is 5.89 Å². The number of nitrogens with one attached hydrogen (secondary N) is 2. The Morgan fingerprint density at radius 3 is 2.56 bits per heavy atom. The van der Waals surface area contributed by atoms with Gasteiger partial charge in [0, 0.05) is 20.4 Å². The molecule has 5 aromatic rings. The summed E-state index contributed by atoms with van der Waals surface area (Å²) < 4.78 is 12.8. The molecule has 1 heterocycles. The fourth-order valence-electron chi connectivity index (χ4n) is 3.53. The molecule has 0 radical (unpaired) electrons. The molecule has 0 fully saturated rings. The normalized spacial score (nSPS) is 10.7. The summed E-state index contributed by atoms with van der Waals surface area (Å²) in [5, 5.41) is 5.93. The van der Waals surface area contributed by atoms with Gasteiger partial charge in [-0.25, -0.2) is 4.98 Å². The van der Waals surface area contributed by atoms with E-state index in [1.54, 1.807) is 18.2 Å². The lowest BCUT2D eigenvalue weighted by Gasteiger charge is -2.11. The molecule has 0 spiro atoms. The van der Waals surface area contributed by atoms with Gasteiger partial charge in [-0.3, -0.25) is 10.1 Å². The molecule has 0 aliphatic heterocycles. The summed E-state index contributed by atoms with van der Waals surface area (Å²) >= 11 is 7.61. The van der Waals surface area contributed by atoms with E-state index in [9.17, 15) is 4.79 Å². The van der Waals surface area contributed by atoms with E-state index in [2.05, 4.69) is 38.2 Å². The topological polar surface area (TPSA) is 76.4 Å². The number of rotatable bonds is 6. The zero-order valence-corrected chi connectivity index (χ0v) is 21.9. The molecule has 5 rings (SSSR count). The number of carbonyl (C=O) groups excluding carboxylic acids is 1. The maximum Gasteiger partial charge on any atom is 0.257 e. The third-order valence-corrected chi connectivity index (χ3v) is 6.23. The minimum atomic E-state index is -0.332. The Morgan fingerprint density at radius 1 is 0.944 bits per heavy atom. The maximum atomic E-state index is 12.7. The molecule has 0 aliphatic carbocycles. The smallest absolute Gasteiger partial charge is 0.257 e. The summed E-state index contributed by atoms with van der Waals surface area (Å²) in [7, 11) is 0. The van der Waals surface area contributed by atoms with Gasteiger partial charge in [-0.15, -0.1) is 0 Å². The van der Waals surface area contributed by atoms with Gasteiger partial charge >= 0.3 is 0 Å². The quantitative estimate of drug-likeness (QED) is 0.164. The highest BCUT2D eigenvalue weighted by Gasteiger charge is 2.12. The highest BCUT2D eigenvalue weighted by molar-refractivity contribution is 14.1. The zero-order valence-electron chi connectivity index (χ0n) is 18.9. The Morgan fingerprint density at radius 2 is 1.75 bits per heavy atom. The monoisotopic (exact) mass is 605 g/mol. The van der Waals surface area contributed by atoms with Gasteiger partial charge < -0.3 is 14.5 Å². The third kappa shape index (κ3) is 5.89. The van der Waals surface area contributed by atoms with Crippen LogP contribution in [0, 0.1) is 3.57 Å². The molecule has 2 N–H and O–H groups in total. The molecule has 1 amide bonds. The number of hydrogen-bond donors (Lipinski definition) is 2. The standard InChI is InChI=1S/C28H20IN3O3S/c29-21-11-9-19(10-12-21)27-31-24-16-22(13-14-25(24)35-27)30-28(36)32-26(33)20-7-4-8-23(15-20)34-17-18-5-2-1-3-6-18/h1-16H,17H2,(H2,30,32,33,36). The second kappa shape index (κ2) is 10.9. The van der Waals surface area contributed by atoms with Crippen LogP contribution >= 0.6 is 34.8 Å². The number of thiocarbonyl (C=S) groups is 1. The van der Waals surface area contributed by atoms with Crippen LogP contribution < -0.4 is 15.4 Å². The van der Waals surface area contributed by atoms with Crippen LogP contribution in [-0.2, 0) is 6.61 Å². The number of oxazole rings is 1. The molecule has 4 aromatic carbocycles. The van der Waals surface area contributed by atoms with E-state index in [1.807, 2.05) is 78.9 Å². The van der Waals surface area contributed by atoms with Crippen molar-refractivity contribution in [1.29, 1.82) is 0 Å². The van der Waals surface area contributed by atoms with Gasteiger partial charge in [-0.1, -0.05) is 36.4 Å². The van der Waals surface area contributed by atoms with Crippen molar-refractivity contribution in [1.82, 2.24) is 10.3 Å². The molecule has 36 heavy (non-hydrogen) atoms. The molecule has 178 valence electrons.